The quantitative estimate of drug-likeness (QED) is 0.408. The maximum atomic E-state index is 13.4. The number of fused-ring (bicyclic) bond motifs is 2. The number of aryl methyl sites for hydroxylation is 2. The van der Waals surface area contributed by atoms with E-state index in [1.165, 1.54) is 11.8 Å². The predicted octanol–water partition coefficient (Wildman–Crippen LogP) is 2.93. The van der Waals surface area contributed by atoms with Crippen LogP contribution in [0.1, 0.15) is 33.6 Å². The molecule has 0 atom stereocenters. The van der Waals surface area contributed by atoms with Gasteiger partial charge < -0.3 is 14.7 Å². The van der Waals surface area contributed by atoms with Crippen molar-refractivity contribution in [2.24, 2.45) is 0 Å². The van der Waals surface area contributed by atoms with Gasteiger partial charge in [0.2, 0.25) is 10.0 Å². The average Bonchev–Trinajstić information content (AvgIpc) is 3.35. The standard InChI is InChI=1S/C25H23N3O5S/c1-34(32,33)27-25(31)23-22(19-6-3-11-26-24(19)30)20-12-16-4-2-5-17(16)13-21(20)28(23)14-15-7-9-18(29)10-8-15/h3,6-13,29H,2,4-5,14H2,1H3,(H,26,30)(H,27,31). The molecule has 1 amide bonds. The topological polar surface area (TPSA) is 121 Å². The Morgan fingerprint density at radius 2 is 1.82 bits per heavy atom. The lowest BCUT2D eigenvalue weighted by molar-refractivity contribution is 0.0974. The van der Waals surface area contributed by atoms with Crippen LogP contribution in [0.25, 0.3) is 22.0 Å². The number of pyridine rings is 1. The number of carbonyl (C=O) groups excluding carboxylic acids is 1. The molecule has 0 unspecified atom stereocenters. The lowest BCUT2D eigenvalue weighted by atomic mass is 10.00. The summed E-state index contributed by atoms with van der Waals surface area (Å²) in [4.78, 5) is 28.9. The summed E-state index contributed by atoms with van der Waals surface area (Å²) in [6.07, 6.45) is 5.28. The molecule has 9 heteroatoms. The van der Waals surface area contributed by atoms with E-state index in [0.717, 1.165) is 47.5 Å². The van der Waals surface area contributed by atoms with Crippen LogP contribution in [0.2, 0.25) is 0 Å². The van der Waals surface area contributed by atoms with Crippen LogP contribution in [0.3, 0.4) is 0 Å². The Hall–Kier alpha value is -3.85. The van der Waals surface area contributed by atoms with E-state index in [2.05, 4.69) is 9.71 Å². The molecule has 2 aromatic heterocycles. The van der Waals surface area contributed by atoms with Crippen LogP contribution in [-0.4, -0.2) is 35.2 Å². The third kappa shape index (κ3) is 3.99. The van der Waals surface area contributed by atoms with Crippen LogP contribution >= 0.6 is 0 Å². The van der Waals surface area contributed by atoms with E-state index in [1.807, 2.05) is 12.1 Å². The van der Waals surface area contributed by atoms with Gasteiger partial charge in [0, 0.05) is 34.8 Å². The maximum absolute atomic E-state index is 13.4. The fourth-order valence-corrected chi connectivity index (χ4v) is 5.14. The molecule has 3 N–H and O–H groups in total. The second kappa shape index (κ2) is 8.18. The van der Waals surface area contributed by atoms with Gasteiger partial charge in [-0.25, -0.2) is 13.1 Å². The van der Waals surface area contributed by atoms with Crippen LogP contribution in [0.5, 0.6) is 5.75 Å². The number of hydrogen-bond donors (Lipinski definition) is 3. The minimum atomic E-state index is -3.85. The minimum Gasteiger partial charge on any atom is -0.508 e. The highest BCUT2D eigenvalue weighted by molar-refractivity contribution is 7.89. The second-order valence-corrected chi connectivity index (χ2v) is 10.3. The van der Waals surface area contributed by atoms with Gasteiger partial charge in [-0.05, 0) is 72.4 Å². The molecule has 8 nitrogen and oxygen atoms in total. The first-order valence-corrected chi connectivity index (χ1v) is 12.8. The van der Waals surface area contributed by atoms with Crippen molar-refractivity contribution in [2.75, 3.05) is 6.26 Å². The molecule has 5 rings (SSSR count). The summed E-state index contributed by atoms with van der Waals surface area (Å²) in [7, 11) is -3.85. The van der Waals surface area contributed by atoms with Crippen molar-refractivity contribution in [3.63, 3.8) is 0 Å². The molecule has 1 aliphatic carbocycles. The zero-order chi connectivity index (χ0) is 24.0. The molecule has 34 heavy (non-hydrogen) atoms. The highest BCUT2D eigenvalue weighted by atomic mass is 32.2. The molecule has 0 aliphatic heterocycles. The number of aromatic hydroxyl groups is 1. The fraction of sp³-hybridized carbons (Fsp3) is 0.200. The molecule has 2 heterocycles. The summed E-state index contributed by atoms with van der Waals surface area (Å²) in [5.74, 6) is -0.693. The van der Waals surface area contributed by atoms with Gasteiger partial charge in [-0.1, -0.05) is 12.1 Å². The van der Waals surface area contributed by atoms with E-state index in [4.69, 9.17) is 0 Å². The van der Waals surface area contributed by atoms with Gasteiger partial charge >= 0.3 is 0 Å². The number of phenolic OH excluding ortho intramolecular Hbond substituents is 1. The Balaban J connectivity index is 1.86. The SMILES string of the molecule is CS(=O)(=O)NC(=O)c1c(-c2ccc[nH]c2=O)c2cc3c(cc2n1Cc1ccc(O)cc1)CCC3. The minimum absolute atomic E-state index is 0.0915. The summed E-state index contributed by atoms with van der Waals surface area (Å²) >= 11 is 0. The van der Waals surface area contributed by atoms with E-state index < -0.39 is 15.9 Å². The molecule has 4 aromatic rings. The number of sulfonamides is 1. The zero-order valence-electron chi connectivity index (χ0n) is 18.5. The fourth-order valence-electron chi connectivity index (χ4n) is 4.71. The first-order valence-electron chi connectivity index (χ1n) is 10.9. The summed E-state index contributed by atoms with van der Waals surface area (Å²) in [6, 6.07) is 13.9. The third-order valence-corrected chi connectivity index (χ3v) is 6.69. The van der Waals surface area contributed by atoms with Gasteiger partial charge in [0.25, 0.3) is 11.5 Å². The Bertz CT molecular complexity index is 1600. The molecular weight excluding hydrogens is 454 g/mol. The van der Waals surface area contributed by atoms with E-state index >= 15 is 0 Å². The van der Waals surface area contributed by atoms with Gasteiger partial charge in [0.1, 0.15) is 11.4 Å². The van der Waals surface area contributed by atoms with Crippen LogP contribution in [0.4, 0.5) is 0 Å². The van der Waals surface area contributed by atoms with Crippen molar-refractivity contribution in [3.05, 3.63) is 87.5 Å². The van der Waals surface area contributed by atoms with Crippen molar-refractivity contribution in [3.8, 4) is 16.9 Å². The molecule has 0 fully saturated rings. The predicted molar refractivity (Wildman–Crippen MR) is 130 cm³/mol. The molecule has 174 valence electrons. The van der Waals surface area contributed by atoms with E-state index in [1.54, 1.807) is 41.0 Å². The summed E-state index contributed by atoms with van der Waals surface area (Å²) in [5.41, 5.74) is 4.29. The summed E-state index contributed by atoms with van der Waals surface area (Å²) in [5, 5.41) is 10.4. The number of rotatable bonds is 5. The smallest absolute Gasteiger partial charge is 0.282 e. The van der Waals surface area contributed by atoms with Gasteiger partial charge in [-0.2, -0.15) is 0 Å². The average molecular weight is 478 g/mol. The normalized spacial score (nSPS) is 13.2. The van der Waals surface area contributed by atoms with Crippen molar-refractivity contribution in [1.82, 2.24) is 14.3 Å². The molecule has 0 spiro atoms. The number of aromatic nitrogens is 2. The first kappa shape index (κ1) is 22.0. The Morgan fingerprint density at radius 1 is 1.12 bits per heavy atom. The Labute approximate surface area is 195 Å². The number of H-pyrrole nitrogens is 1. The van der Waals surface area contributed by atoms with Gasteiger partial charge in [-0.15, -0.1) is 0 Å². The molecule has 1 aliphatic rings. The van der Waals surface area contributed by atoms with Crippen LogP contribution < -0.4 is 10.3 Å². The molecule has 0 saturated heterocycles. The number of nitrogens with one attached hydrogen (secondary N) is 2. The van der Waals surface area contributed by atoms with Crippen molar-refractivity contribution in [1.29, 1.82) is 0 Å². The number of amides is 1. The lowest BCUT2D eigenvalue weighted by Crippen LogP contribution is -2.31. The van der Waals surface area contributed by atoms with Crippen LogP contribution in [0, 0.1) is 0 Å². The van der Waals surface area contributed by atoms with Crippen molar-refractivity contribution < 1.29 is 18.3 Å². The van der Waals surface area contributed by atoms with Crippen LogP contribution in [0.15, 0.2) is 59.5 Å². The number of hydrogen-bond acceptors (Lipinski definition) is 5. The maximum Gasteiger partial charge on any atom is 0.282 e. The van der Waals surface area contributed by atoms with Crippen LogP contribution in [-0.2, 0) is 29.4 Å². The second-order valence-electron chi connectivity index (χ2n) is 8.58. The van der Waals surface area contributed by atoms with Gasteiger partial charge in [0.15, 0.2) is 0 Å². The Kier molecular flexibility index (Phi) is 5.28. The Morgan fingerprint density at radius 3 is 2.50 bits per heavy atom. The van der Waals surface area contributed by atoms with E-state index in [-0.39, 0.29) is 29.1 Å². The number of carbonyl (C=O) groups is 1. The summed E-state index contributed by atoms with van der Waals surface area (Å²) in [6.45, 7) is 0.243. The van der Waals surface area contributed by atoms with Gasteiger partial charge in [0.05, 0.1) is 6.26 Å². The largest absolute Gasteiger partial charge is 0.508 e. The molecule has 0 radical (unpaired) electrons. The summed E-state index contributed by atoms with van der Waals surface area (Å²) < 4.78 is 27.8. The zero-order valence-corrected chi connectivity index (χ0v) is 19.3. The van der Waals surface area contributed by atoms with E-state index in [0.29, 0.717) is 5.56 Å². The number of phenols is 1. The number of benzene rings is 2. The molecule has 0 saturated carbocycles. The monoisotopic (exact) mass is 477 g/mol. The first-order chi connectivity index (χ1) is 16.2. The lowest BCUT2D eigenvalue weighted by Gasteiger charge is -2.13. The van der Waals surface area contributed by atoms with Crippen molar-refractivity contribution in [2.45, 2.75) is 25.8 Å². The highest BCUT2D eigenvalue weighted by Crippen LogP contribution is 2.38. The van der Waals surface area contributed by atoms with Gasteiger partial charge in [-0.3, -0.25) is 9.59 Å². The number of nitrogens with zero attached hydrogens (tertiary/aromatic N) is 1. The molecule has 2 aromatic carbocycles. The van der Waals surface area contributed by atoms with E-state index in [9.17, 15) is 23.1 Å². The highest BCUT2D eigenvalue weighted by Gasteiger charge is 2.28. The molecule has 0 bridgehead atoms. The number of aromatic amines is 1. The molecular formula is C25H23N3O5S. The van der Waals surface area contributed by atoms with Crippen molar-refractivity contribution >= 4 is 26.8 Å². The third-order valence-electron chi connectivity index (χ3n) is 6.13.